The van der Waals surface area contributed by atoms with Crippen LogP contribution in [0.15, 0.2) is 189 Å². The summed E-state index contributed by atoms with van der Waals surface area (Å²) in [4.78, 5) is 88.5. The minimum absolute atomic E-state index is 0.0558. The minimum Gasteiger partial charge on any atom is -0.413 e. The molecule has 0 N–H and O–H groups in total. The van der Waals surface area contributed by atoms with Crippen molar-refractivity contribution >= 4 is 93.6 Å². The Labute approximate surface area is 372 Å². The monoisotopic (exact) mass is 939 g/mol. The summed E-state index contributed by atoms with van der Waals surface area (Å²) in [7, 11) is -13.5. The molecule has 21 nitrogen and oxygen atoms in total. The van der Waals surface area contributed by atoms with Gasteiger partial charge in [-0.05, 0) is 146 Å². The SMILES string of the molecule is O=C=Nc1ccc(OP2(Oc3ccc(N=C=O)cc3)=NP(Oc3ccc(N=C=O)cc3)(Oc3ccc(N=C=O)cc3)=NP(Oc3ccc(N=C=O)cc3)(Oc3ccc(N=C=O)cc3)=N2)cc1. The predicted molar refractivity (Wildman–Crippen MR) is 237 cm³/mol. The van der Waals surface area contributed by atoms with Gasteiger partial charge >= 0.3 is 23.0 Å². The van der Waals surface area contributed by atoms with Crippen LogP contribution in [-0.2, 0) is 28.8 Å². The van der Waals surface area contributed by atoms with Crippen LogP contribution in [0.1, 0.15) is 0 Å². The lowest BCUT2D eigenvalue weighted by molar-refractivity contribution is 0.443. The Hall–Kier alpha value is -8.91. The van der Waals surface area contributed by atoms with Gasteiger partial charge < -0.3 is 27.1 Å². The van der Waals surface area contributed by atoms with Crippen LogP contribution in [0.5, 0.6) is 34.5 Å². The number of benzene rings is 6. The van der Waals surface area contributed by atoms with E-state index in [0.717, 1.165) is 0 Å². The van der Waals surface area contributed by atoms with E-state index in [1.54, 1.807) is 0 Å². The van der Waals surface area contributed by atoms with Gasteiger partial charge in [-0.2, -0.15) is 30.0 Å². The number of hydrogen-bond acceptors (Lipinski definition) is 21. The molecule has 0 aromatic heterocycles. The molecule has 24 heteroatoms. The summed E-state index contributed by atoms with van der Waals surface area (Å²) in [6, 6.07) is 34.7. The average molecular weight is 940 g/mol. The van der Waals surface area contributed by atoms with Gasteiger partial charge in [-0.25, -0.2) is 28.8 Å². The Morgan fingerprint density at radius 2 is 0.394 bits per heavy atom. The first-order valence-corrected chi connectivity index (χ1v) is 22.9. The third-order valence-electron chi connectivity index (χ3n) is 8.09. The van der Waals surface area contributed by atoms with E-state index < -0.39 is 23.0 Å². The summed E-state index contributed by atoms with van der Waals surface area (Å²) < 4.78 is 55.3. The number of hydrogen-bond donors (Lipinski definition) is 0. The third kappa shape index (κ3) is 11.8. The molecular weight excluding hydrogens is 915 g/mol. The van der Waals surface area contributed by atoms with Gasteiger partial charge in [0.15, 0.2) is 0 Å². The molecule has 6 aromatic carbocycles. The number of carbonyl (C=O) groups excluding carboxylic acids is 6. The summed E-state index contributed by atoms with van der Waals surface area (Å²) >= 11 is 0. The van der Waals surface area contributed by atoms with Crippen molar-refractivity contribution in [2.75, 3.05) is 0 Å². The van der Waals surface area contributed by atoms with Crippen molar-refractivity contribution in [3.8, 4) is 34.5 Å². The molecule has 0 spiro atoms. The summed E-state index contributed by atoms with van der Waals surface area (Å²) in [5.41, 5.74) is 1.34. The molecule has 0 saturated heterocycles. The van der Waals surface area contributed by atoms with E-state index in [1.807, 2.05) is 0 Å². The number of nitrogens with zero attached hydrogens (tertiary/aromatic N) is 9. The summed E-state index contributed by atoms with van der Waals surface area (Å²) in [6.07, 6.45) is 8.84. The van der Waals surface area contributed by atoms with E-state index in [0.29, 0.717) is 0 Å². The van der Waals surface area contributed by atoms with Crippen molar-refractivity contribution in [1.29, 1.82) is 0 Å². The third-order valence-corrected chi connectivity index (χ3v) is 16.2. The highest BCUT2D eigenvalue weighted by atomic mass is 31.3. The molecule has 66 heavy (non-hydrogen) atoms. The molecule has 7 rings (SSSR count). The van der Waals surface area contributed by atoms with E-state index in [1.165, 1.54) is 182 Å². The fraction of sp³-hybridized carbons (Fsp3) is 0. The smallest absolute Gasteiger partial charge is 0.413 e. The Balaban J connectivity index is 1.58. The van der Waals surface area contributed by atoms with Crippen molar-refractivity contribution in [1.82, 2.24) is 0 Å². The van der Waals surface area contributed by atoms with Crippen LogP contribution >= 0.6 is 23.0 Å². The Kier molecular flexibility index (Phi) is 14.3. The quantitative estimate of drug-likeness (QED) is 0.0442. The van der Waals surface area contributed by atoms with Crippen molar-refractivity contribution in [3.05, 3.63) is 146 Å². The lowest BCUT2D eigenvalue weighted by Crippen LogP contribution is -2.11. The molecule has 0 unspecified atom stereocenters. The maximum atomic E-state index is 11.1. The second kappa shape index (κ2) is 21.0. The standard InChI is InChI=1S/C42H24N9O12P3/c52-25-43-31-1-13-37(14-2-31)58-64(59-38-15-3-32(4-16-38)44-26-53)49-65(60-39-17-5-33(6-18-39)45-27-54,61-40-19-7-34(8-20-40)46-28-55)51-66(50-64,62-41-21-9-35(10-22-41)47-29-56)63-42-23-11-36(12-24-42)48-30-57/h1-24H. The first-order chi connectivity index (χ1) is 32.2. The van der Waals surface area contributed by atoms with Crippen LogP contribution in [0, 0.1) is 0 Å². The van der Waals surface area contributed by atoms with Crippen LogP contribution < -0.4 is 27.1 Å². The van der Waals surface area contributed by atoms with Crippen LogP contribution in [0.3, 0.4) is 0 Å². The summed E-state index contributed by atoms with van der Waals surface area (Å²) in [6.45, 7) is 0. The van der Waals surface area contributed by atoms with E-state index in [-0.39, 0.29) is 68.6 Å². The molecule has 1 aliphatic rings. The van der Waals surface area contributed by atoms with Crippen LogP contribution in [-0.4, -0.2) is 36.5 Å². The van der Waals surface area contributed by atoms with E-state index in [4.69, 9.17) is 40.7 Å². The van der Waals surface area contributed by atoms with E-state index in [2.05, 4.69) is 30.0 Å². The molecule has 0 saturated carbocycles. The van der Waals surface area contributed by atoms with Crippen LogP contribution in [0.4, 0.5) is 34.1 Å². The number of aliphatic imine (C=N–C) groups is 6. The Bertz CT molecular complexity index is 2680. The van der Waals surface area contributed by atoms with Gasteiger partial charge in [0.1, 0.15) is 34.5 Å². The molecule has 0 atom stereocenters. The largest absolute Gasteiger partial charge is 0.460 e. The summed E-state index contributed by atoms with van der Waals surface area (Å²) in [5.74, 6) is 0.335. The number of isocyanates is 6. The van der Waals surface area contributed by atoms with Crippen LogP contribution in [0.25, 0.3) is 0 Å². The molecular formula is C42H24N9O12P3. The lowest BCUT2D eigenvalue weighted by atomic mass is 10.3. The lowest BCUT2D eigenvalue weighted by Gasteiger charge is -2.33. The van der Waals surface area contributed by atoms with Gasteiger partial charge in [0.2, 0.25) is 36.5 Å². The van der Waals surface area contributed by atoms with Gasteiger partial charge in [-0.3, -0.25) is 0 Å². The average Bonchev–Trinajstić information content (AvgIpc) is 3.31. The highest BCUT2D eigenvalue weighted by Gasteiger charge is 2.49. The molecule has 0 aliphatic carbocycles. The van der Waals surface area contributed by atoms with Crippen molar-refractivity contribution in [3.63, 3.8) is 0 Å². The second-order valence-electron chi connectivity index (χ2n) is 12.5. The molecule has 324 valence electrons. The van der Waals surface area contributed by atoms with Gasteiger partial charge in [0.25, 0.3) is 0 Å². The molecule has 1 heterocycles. The Morgan fingerprint density at radius 1 is 0.258 bits per heavy atom. The molecule has 0 fully saturated rings. The molecule has 1 aliphatic heterocycles. The predicted octanol–water partition coefficient (Wildman–Crippen LogP) is 12.1. The number of rotatable bonds is 18. The maximum Gasteiger partial charge on any atom is 0.460 e. The van der Waals surface area contributed by atoms with Crippen molar-refractivity contribution < 1.29 is 55.9 Å². The van der Waals surface area contributed by atoms with Crippen molar-refractivity contribution in [2.45, 2.75) is 0 Å². The minimum atomic E-state index is -4.51. The van der Waals surface area contributed by atoms with Gasteiger partial charge in [-0.15, -0.1) is 0 Å². The van der Waals surface area contributed by atoms with E-state index >= 15 is 0 Å². The molecule has 0 radical (unpaired) electrons. The normalized spacial score (nSPS) is 17.6. The molecule has 0 bridgehead atoms. The highest BCUT2D eigenvalue weighted by molar-refractivity contribution is 7.79. The van der Waals surface area contributed by atoms with E-state index in [9.17, 15) is 28.8 Å². The fourth-order valence-corrected chi connectivity index (χ4v) is 14.5. The molecule has 0 amide bonds. The zero-order valence-corrected chi connectivity index (χ0v) is 35.8. The van der Waals surface area contributed by atoms with Crippen molar-refractivity contribution in [2.24, 2.45) is 43.5 Å². The van der Waals surface area contributed by atoms with Gasteiger partial charge in [0.05, 0.1) is 34.1 Å². The molecule has 6 aromatic rings. The summed E-state index contributed by atoms with van der Waals surface area (Å²) in [5, 5.41) is 0. The maximum absolute atomic E-state index is 11.1. The highest BCUT2D eigenvalue weighted by Crippen LogP contribution is 2.78. The first kappa shape index (κ1) is 45.1. The zero-order chi connectivity index (χ0) is 46.2. The van der Waals surface area contributed by atoms with Gasteiger partial charge in [0, 0.05) is 0 Å². The van der Waals surface area contributed by atoms with Crippen LogP contribution in [0.2, 0.25) is 0 Å². The first-order valence-electron chi connectivity index (χ1n) is 18.4. The fourth-order valence-electron chi connectivity index (χ4n) is 5.39. The zero-order valence-electron chi connectivity index (χ0n) is 33.1. The Morgan fingerprint density at radius 3 is 0.515 bits per heavy atom. The van der Waals surface area contributed by atoms with Gasteiger partial charge in [-0.1, -0.05) is 13.5 Å². The second-order valence-corrected chi connectivity index (χ2v) is 18.7. The topological polar surface area (TPSA) is 269 Å².